The van der Waals surface area contributed by atoms with Gasteiger partial charge in [-0.2, -0.15) is 0 Å². The van der Waals surface area contributed by atoms with Crippen LogP contribution >= 0.6 is 27.3 Å². The fourth-order valence-corrected chi connectivity index (χ4v) is 3.57. The summed E-state index contributed by atoms with van der Waals surface area (Å²) in [7, 11) is 2.14. The van der Waals surface area contributed by atoms with Crippen LogP contribution in [0.5, 0.6) is 0 Å². The maximum absolute atomic E-state index is 5.99. The van der Waals surface area contributed by atoms with E-state index in [0.29, 0.717) is 6.54 Å². The van der Waals surface area contributed by atoms with E-state index in [1.54, 1.807) is 11.3 Å². The number of nitrogens with two attached hydrogens (primary N) is 1. The number of thiophene rings is 1. The summed E-state index contributed by atoms with van der Waals surface area (Å²) in [5.41, 5.74) is 9.98. The number of rotatable bonds is 6. The molecule has 0 aliphatic heterocycles. The summed E-state index contributed by atoms with van der Waals surface area (Å²) < 4.78 is 1.18. The molecule has 0 aliphatic carbocycles. The molecule has 0 spiro atoms. The van der Waals surface area contributed by atoms with E-state index in [0.717, 1.165) is 13.0 Å². The zero-order chi connectivity index (χ0) is 14.5. The molecule has 20 heavy (non-hydrogen) atoms. The summed E-state index contributed by atoms with van der Waals surface area (Å²) >= 11 is 5.24. The SMILES string of the molecule is CCc1ccc(C(CN)N(C)Cc2csc(Br)c2)cc1. The van der Waals surface area contributed by atoms with E-state index < -0.39 is 0 Å². The minimum Gasteiger partial charge on any atom is -0.329 e. The maximum atomic E-state index is 5.99. The molecule has 1 heterocycles. The van der Waals surface area contributed by atoms with Gasteiger partial charge in [-0.15, -0.1) is 11.3 Å². The van der Waals surface area contributed by atoms with Crippen LogP contribution in [0.2, 0.25) is 0 Å². The Morgan fingerprint density at radius 2 is 1.95 bits per heavy atom. The van der Waals surface area contributed by atoms with Crippen LogP contribution in [-0.4, -0.2) is 18.5 Å². The molecule has 108 valence electrons. The van der Waals surface area contributed by atoms with Gasteiger partial charge in [0.1, 0.15) is 0 Å². The van der Waals surface area contributed by atoms with Crippen molar-refractivity contribution in [1.29, 1.82) is 0 Å². The normalized spacial score (nSPS) is 12.8. The fraction of sp³-hybridized carbons (Fsp3) is 0.375. The van der Waals surface area contributed by atoms with Crippen LogP contribution in [0.15, 0.2) is 39.5 Å². The van der Waals surface area contributed by atoms with Gasteiger partial charge >= 0.3 is 0 Å². The zero-order valence-corrected chi connectivity index (χ0v) is 14.4. The van der Waals surface area contributed by atoms with Gasteiger partial charge in [-0.05, 0) is 57.5 Å². The number of hydrogen-bond donors (Lipinski definition) is 1. The maximum Gasteiger partial charge on any atom is 0.0701 e. The van der Waals surface area contributed by atoms with Crippen LogP contribution in [0.3, 0.4) is 0 Å². The third-order valence-corrected chi connectivity index (χ3v) is 5.14. The van der Waals surface area contributed by atoms with Crippen molar-refractivity contribution >= 4 is 27.3 Å². The molecule has 1 aromatic carbocycles. The van der Waals surface area contributed by atoms with Crippen molar-refractivity contribution < 1.29 is 0 Å². The molecule has 0 radical (unpaired) electrons. The molecule has 2 aromatic rings. The van der Waals surface area contributed by atoms with E-state index in [1.165, 1.54) is 20.5 Å². The minimum absolute atomic E-state index is 0.264. The van der Waals surface area contributed by atoms with Crippen LogP contribution in [0.25, 0.3) is 0 Å². The van der Waals surface area contributed by atoms with Gasteiger partial charge in [0, 0.05) is 19.1 Å². The summed E-state index contributed by atoms with van der Waals surface area (Å²) in [5, 5.41) is 2.19. The lowest BCUT2D eigenvalue weighted by Crippen LogP contribution is -2.30. The Hall–Kier alpha value is -0.680. The highest BCUT2D eigenvalue weighted by Crippen LogP contribution is 2.25. The van der Waals surface area contributed by atoms with E-state index >= 15 is 0 Å². The smallest absolute Gasteiger partial charge is 0.0701 e. The standard InChI is InChI=1S/C16H21BrN2S/c1-3-12-4-6-14(7-5-12)15(9-18)19(2)10-13-8-16(17)20-11-13/h4-8,11,15H,3,9-10,18H2,1-2H3. The first-order valence-electron chi connectivity index (χ1n) is 6.86. The van der Waals surface area contributed by atoms with Crippen LogP contribution in [0, 0.1) is 0 Å². The van der Waals surface area contributed by atoms with E-state index in [9.17, 15) is 0 Å². The second-order valence-electron chi connectivity index (χ2n) is 5.02. The Kier molecular flexibility index (Phi) is 5.78. The van der Waals surface area contributed by atoms with Gasteiger partial charge in [0.2, 0.25) is 0 Å². The van der Waals surface area contributed by atoms with Crippen molar-refractivity contribution in [1.82, 2.24) is 4.90 Å². The molecule has 0 fully saturated rings. The molecular formula is C16H21BrN2S. The summed E-state index contributed by atoms with van der Waals surface area (Å²) in [6.07, 6.45) is 1.08. The highest BCUT2D eigenvalue weighted by atomic mass is 79.9. The number of benzene rings is 1. The van der Waals surface area contributed by atoms with Crippen molar-refractivity contribution in [2.45, 2.75) is 25.9 Å². The first-order chi connectivity index (χ1) is 9.63. The topological polar surface area (TPSA) is 29.3 Å². The molecule has 2 N–H and O–H groups in total. The molecule has 0 amide bonds. The molecular weight excluding hydrogens is 332 g/mol. The monoisotopic (exact) mass is 352 g/mol. The predicted molar refractivity (Wildman–Crippen MR) is 91.1 cm³/mol. The van der Waals surface area contributed by atoms with Gasteiger partial charge in [0.15, 0.2) is 0 Å². The van der Waals surface area contributed by atoms with Gasteiger partial charge < -0.3 is 5.73 Å². The summed E-state index contributed by atoms with van der Waals surface area (Å²) in [4.78, 5) is 2.31. The second-order valence-corrected chi connectivity index (χ2v) is 7.31. The second kappa shape index (κ2) is 7.36. The van der Waals surface area contributed by atoms with E-state index in [2.05, 4.69) is 70.5 Å². The Morgan fingerprint density at radius 1 is 1.25 bits per heavy atom. The Balaban J connectivity index is 2.09. The van der Waals surface area contributed by atoms with Gasteiger partial charge in [-0.1, -0.05) is 31.2 Å². The summed E-state index contributed by atoms with van der Waals surface area (Å²) in [6.45, 7) is 3.72. The third kappa shape index (κ3) is 3.92. The highest BCUT2D eigenvalue weighted by Gasteiger charge is 2.16. The van der Waals surface area contributed by atoms with Crippen molar-refractivity contribution in [3.05, 3.63) is 56.2 Å². The highest BCUT2D eigenvalue weighted by molar-refractivity contribution is 9.11. The van der Waals surface area contributed by atoms with Gasteiger partial charge in [0.25, 0.3) is 0 Å². The van der Waals surface area contributed by atoms with Crippen LogP contribution in [0.4, 0.5) is 0 Å². The Bertz CT molecular complexity index is 536. The molecule has 2 nitrogen and oxygen atoms in total. The van der Waals surface area contributed by atoms with Gasteiger partial charge in [-0.3, -0.25) is 4.90 Å². The fourth-order valence-electron chi connectivity index (χ4n) is 2.37. The number of aryl methyl sites for hydroxylation is 1. The van der Waals surface area contributed by atoms with Crippen molar-refractivity contribution in [3.63, 3.8) is 0 Å². The number of hydrogen-bond acceptors (Lipinski definition) is 3. The first kappa shape index (κ1) is 15.7. The van der Waals surface area contributed by atoms with Crippen molar-refractivity contribution in [2.75, 3.05) is 13.6 Å². The van der Waals surface area contributed by atoms with Crippen molar-refractivity contribution in [2.24, 2.45) is 5.73 Å². The summed E-state index contributed by atoms with van der Waals surface area (Å²) in [5.74, 6) is 0. The lowest BCUT2D eigenvalue weighted by Gasteiger charge is -2.27. The Labute approximate surface area is 133 Å². The largest absolute Gasteiger partial charge is 0.329 e. The summed E-state index contributed by atoms with van der Waals surface area (Å²) in [6, 6.07) is 11.3. The van der Waals surface area contributed by atoms with Gasteiger partial charge in [0.05, 0.1) is 3.79 Å². The number of halogens is 1. The molecule has 0 aliphatic rings. The lowest BCUT2D eigenvalue weighted by atomic mass is 10.0. The average molecular weight is 353 g/mol. The number of likely N-dealkylation sites (N-methyl/N-ethyl adjacent to an activating group) is 1. The molecule has 1 unspecified atom stereocenters. The molecule has 0 saturated carbocycles. The molecule has 1 atom stereocenters. The molecule has 0 bridgehead atoms. The molecule has 1 aromatic heterocycles. The molecule has 0 saturated heterocycles. The van der Waals surface area contributed by atoms with Crippen LogP contribution in [0.1, 0.15) is 29.7 Å². The average Bonchev–Trinajstić information content (AvgIpc) is 2.85. The third-order valence-electron chi connectivity index (χ3n) is 3.58. The van der Waals surface area contributed by atoms with E-state index in [1.807, 2.05) is 0 Å². The van der Waals surface area contributed by atoms with E-state index in [4.69, 9.17) is 5.73 Å². The first-order valence-corrected chi connectivity index (χ1v) is 8.53. The minimum atomic E-state index is 0.264. The van der Waals surface area contributed by atoms with Crippen LogP contribution in [-0.2, 0) is 13.0 Å². The van der Waals surface area contributed by atoms with E-state index in [-0.39, 0.29) is 6.04 Å². The molecule has 4 heteroatoms. The Morgan fingerprint density at radius 3 is 2.45 bits per heavy atom. The van der Waals surface area contributed by atoms with Gasteiger partial charge in [-0.25, -0.2) is 0 Å². The van der Waals surface area contributed by atoms with Crippen molar-refractivity contribution in [3.8, 4) is 0 Å². The van der Waals surface area contributed by atoms with Crippen LogP contribution < -0.4 is 5.73 Å². The zero-order valence-electron chi connectivity index (χ0n) is 12.0. The predicted octanol–water partition coefficient (Wildman–Crippen LogP) is 4.20. The molecule has 2 rings (SSSR count). The quantitative estimate of drug-likeness (QED) is 0.843. The number of nitrogens with zero attached hydrogens (tertiary/aromatic N) is 1. The lowest BCUT2D eigenvalue weighted by molar-refractivity contribution is 0.242.